The minimum absolute atomic E-state index is 0.0203. The lowest BCUT2D eigenvalue weighted by Gasteiger charge is -2.45. The molecule has 0 radical (unpaired) electrons. The van der Waals surface area contributed by atoms with Gasteiger partial charge >= 0.3 is 0 Å². The fourth-order valence-electron chi connectivity index (χ4n) is 3.93. The molecule has 1 unspecified atom stereocenters. The van der Waals surface area contributed by atoms with Crippen molar-refractivity contribution in [3.05, 3.63) is 29.0 Å². The van der Waals surface area contributed by atoms with Crippen LogP contribution in [0.2, 0.25) is 0 Å². The van der Waals surface area contributed by atoms with E-state index >= 15 is 0 Å². The number of nitrogens with one attached hydrogen (secondary N) is 1. The van der Waals surface area contributed by atoms with Gasteiger partial charge < -0.3 is 15.0 Å². The van der Waals surface area contributed by atoms with Crippen LogP contribution in [0.4, 0.5) is 11.1 Å². The maximum atomic E-state index is 12.6. The fourth-order valence-corrected chi connectivity index (χ4v) is 4.46. The zero-order valence-electron chi connectivity index (χ0n) is 16.5. The average Bonchev–Trinajstić information content (AvgIpc) is 3.21. The molecule has 0 aliphatic carbocycles. The molecule has 8 nitrogen and oxygen atoms in total. The predicted molar refractivity (Wildman–Crippen MR) is 109 cm³/mol. The Kier molecular flexibility index (Phi) is 5.31. The van der Waals surface area contributed by atoms with E-state index in [4.69, 9.17) is 9.72 Å². The first-order valence-corrected chi connectivity index (χ1v) is 10.5. The van der Waals surface area contributed by atoms with Crippen LogP contribution in [-0.4, -0.2) is 65.6 Å². The van der Waals surface area contributed by atoms with Crippen molar-refractivity contribution in [3.63, 3.8) is 0 Å². The standard InChI is InChI=1S/C19H26N6O2S/c1-13(16(26)23-18-20-7-11-28-18)25-8-5-19(6-9-25)15-14(4-10-27-19)12-21-17(22-15)24(2)3/h7,11-13H,4-6,8-10H2,1-3H3,(H,20,23,26). The number of anilines is 2. The third-order valence-electron chi connectivity index (χ3n) is 5.63. The summed E-state index contributed by atoms with van der Waals surface area (Å²) in [4.78, 5) is 30.1. The summed E-state index contributed by atoms with van der Waals surface area (Å²) in [6, 6.07) is -0.216. The van der Waals surface area contributed by atoms with Gasteiger partial charge in [0.05, 0.1) is 18.3 Å². The third kappa shape index (κ3) is 3.61. The van der Waals surface area contributed by atoms with Crippen molar-refractivity contribution in [3.8, 4) is 0 Å². The maximum Gasteiger partial charge on any atom is 0.243 e. The number of hydrogen-bond donors (Lipinski definition) is 1. The van der Waals surface area contributed by atoms with Gasteiger partial charge in [-0.25, -0.2) is 15.0 Å². The first-order chi connectivity index (χ1) is 13.5. The zero-order valence-corrected chi connectivity index (χ0v) is 17.3. The van der Waals surface area contributed by atoms with Crippen LogP contribution in [0.25, 0.3) is 0 Å². The molecule has 1 atom stereocenters. The number of aromatic nitrogens is 3. The van der Waals surface area contributed by atoms with E-state index in [1.165, 1.54) is 16.9 Å². The molecule has 2 aliphatic rings. The second kappa shape index (κ2) is 7.73. The summed E-state index contributed by atoms with van der Waals surface area (Å²) in [5.41, 5.74) is 1.83. The summed E-state index contributed by atoms with van der Waals surface area (Å²) in [5.74, 6) is 0.690. The highest BCUT2D eigenvalue weighted by molar-refractivity contribution is 7.13. The van der Waals surface area contributed by atoms with Crippen LogP contribution in [0.15, 0.2) is 17.8 Å². The molecule has 28 heavy (non-hydrogen) atoms. The van der Waals surface area contributed by atoms with Gasteiger partial charge in [0.15, 0.2) is 5.13 Å². The number of carbonyl (C=O) groups is 1. The highest BCUT2D eigenvalue weighted by Gasteiger charge is 2.43. The molecule has 4 heterocycles. The van der Waals surface area contributed by atoms with E-state index in [-0.39, 0.29) is 17.6 Å². The van der Waals surface area contributed by atoms with Crippen molar-refractivity contribution in [2.75, 3.05) is 44.0 Å². The Bertz CT molecular complexity index is 833. The summed E-state index contributed by atoms with van der Waals surface area (Å²) in [7, 11) is 3.90. The third-order valence-corrected chi connectivity index (χ3v) is 6.32. The number of thiazole rings is 1. The number of rotatable bonds is 4. The molecule has 2 aromatic rings. The summed E-state index contributed by atoms with van der Waals surface area (Å²) in [6.45, 7) is 4.21. The van der Waals surface area contributed by atoms with Crippen molar-refractivity contribution < 1.29 is 9.53 Å². The van der Waals surface area contributed by atoms with Crippen molar-refractivity contribution >= 4 is 28.3 Å². The molecule has 1 spiro atoms. The number of fused-ring (bicyclic) bond motifs is 2. The first kappa shape index (κ1) is 19.2. The minimum Gasteiger partial charge on any atom is -0.368 e. The van der Waals surface area contributed by atoms with Crippen LogP contribution >= 0.6 is 11.3 Å². The molecule has 1 amide bonds. The quantitative estimate of drug-likeness (QED) is 0.836. The number of carbonyl (C=O) groups excluding carboxylic acids is 1. The monoisotopic (exact) mass is 402 g/mol. The molecular weight excluding hydrogens is 376 g/mol. The van der Waals surface area contributed by atoms with E-state index in [0.717, 1.165) is 38.0 Å². The Morgan fingerprint density at radius 3 is 2.82 bits per heavy atom. The fraction of sp³-hybridized carbons (Fsp3) is 0.579. The van der Waals surface area contributed by atoms with E-state index in [2.05, 4.69) is 20.2 Å². The molecule has 2 aromatic heterocycles. The number of ether oxygens (including phenoxy) is 1. The summed E-state index contributed by atoms with van der Waals surface area (Å²) in [6.07, 6.45) is 6.12. The minimum atomic E-state index is -0.372. The van der Waals surface area contributed by atoms with Gasteiger partial charge in [0.2, 0.25) is 11.9 Å². The Morgan fingerprint density at radius 1 is 1.36 bits per heavy atom. The van der Waals surface area contributed by atoms with Gasteiger partial charge in [0.25, 0.3) is 0 Å². The Balaban J connectivity index is 1.47. The number of amides is 1. The van der Waals surface area contributed by atoms with Crippen LogP contribution < -0.4 is 10.2 Å². The van der Waals surface area contributed by atoms with Crippen LogP contribution in [0.1, 0.15) is 31.0 Å². The SMILES string of the molecule is CC(C(=O)Nc1nccs1)N1CCC2(CC1)OCCc1cnc(N(C)C)nc12. The largest absolute Gasteiger partial charge is 0.368 e. The van der Waals surface area contributed by atoms with E-state index in [0.29, 0.717) is 17.7 Å². The predicted octanol–water partition coefficient (Wildman–Crippen LogP) is 1.89. The van der Waals surface area contributed by atoms with E-state index in [1.807, 2.05) is 37.5 Å². The molecular formula is C19H26N6O2S. The average molecular weight is 403 g/mol. The molecule has 0 bridgehead atoms. The second-order valence-electron chi connectivity index (χ2n) is 7.57. The number of nitrogens with zero attached hydrogens (tertiary/aromatic N) is 5. The van der Waals surface area contributed by atoms with Crippen LogP contribution in [-0.2, 0) is 21.6 Å². The van der Waals surface area contributed by atoms with Crippen molar-refractivity contribution in [1.82, 2.24) is 19.9 Å². The van der Waals surface area contributed by atoms with Crippen molar-refractivity contribution in [1.29, 1.82) is 0 Å². The van der Waals surface area contributed by atoms with E-state index in [1.54, 1.807) is 6.20 Å². The van der Waals surface area contributed by atoms with Crippen LogP contribution in [0.3, 0.4) is 0 Å². The highest BCUT2D eigenvalue weighted by Crippen LogP contribution is 2.41. The molecule has 1 N–H and O–H groups in total. The smallest absolute Gasteiger partial charge is 0.243 e. The van der Waals surface area contributed by atoms with Gasteiger partial charge in [-0.15, -0.1) is 11.3 Å². The molecule has 2 aliphatic heterocycles. The highest BCUT2D eigenvalue weighted by atomic mass is 32.1. The summed E-state index contributed by atoms with van der Waals surface area (Å²) < 4.78 is 6.30. The van der Waals surface area contributed by atoms with Gasteiger partial charge in [-0.3, -0.25) is 9.69 Å². The zero-order chi connectivity index (χ0) is 19.7. The Labute approximate surface area is 169 Å². The molecule has 150 valence electrons. The Hall–Kier alpha value is -2.10. The number of hydrogen-bond acceptors (Lipinski definition) is 8. The lowest BCUT2D eigenvalue weighted by molar-refractivity contribution is -0.127. The molecule has 9 heteroatoms. The Morgan fingerprint density at radius 2 is 2.14 bits per heavy atom. The number of piperidine rings is 1. The van der Waals surface area contributed by atoms with Gasteiger partial charge in [-0.1, -0.05) is 0 Å². The van der Waals surface area contributed by atoms with Crippen molar-refractivity contribution in [2.45, 2.75) is 37.8 Å². The second-order valence-corrected chi connectivity index (χ2v) is 8.46. The molecule has 1 fully saturated rings. The maximum absolute atomic E-state index is 12.6. The normalized spacial score (nSPS) is 19.8. The molecule has 1 saturated heterocycles. The van der Waals surface area contributed by atoms with Crippen molar-refractivity contribution in [2.24, 2.45) is 0 Å². The van der Waals surface area contributed by atoms with Gasteiger partial charge in [-0.05, 0) is 31.7 Å². The van der Waals surface area contributed by atoms with Gasteiger partial charge in [-0.2, -0.15) is 0 Å². The summed E-state index contributed by atoms with van der Waals surface area (Å²) >= 11 is 1.43. The molecule has 0 saturated carbocycles. The van der Waals surface area contributed by atoms with Gasteiger partial charge in [0.1, 0.15) is 5.60 Å². The van der Waals surface area contributed by atoms with Gasteiger partial charge in [0, 0.05) is 45.0 Å². The van der Waals surface area contributed by atoms with E-state index in [9.17, 15) is 4.79 Å². The lowest BCUT2D eigenvalue weighted by atomic mass is 9.83. The van der Waals surface area contributed by atoms with E-state index < -0.39 is 0 Å². The topological polar surface area (TPSA) is 83.5 Å². The first-order valence-electron chi connectivity index (χ1n) is 9.60. The van der Waals surface area contributed by atoms with Crippen LogP contribution in [0, 0.1) is 0 Å². The number of likely N-dealkylation sites (tertiary alicyclic amines) is 1. The molecule has 0 aromatic carbocycles. The molecule has 4 rings (SSSR count). The van der Waals surface area contributed by atoms with Crippen LogP contribution in [0.5, 0.6) is 0 Å². The lowest BCUT2D eigenvalue weighted by Crippen LogP contribution is -2.52. The summed E-state index contributed by atoms with van der Waals surface area (Å²) in [5, 5.41) is 5.39.